The molecule has 0 aliphatic carbocycles. The average Bonchev–Trinajstić information content (AvgIpc) is 3.27. The number of amides is 1. The highest BCUT2D eigenvalue weighted by atomic mass is 32.1. The zero-order valence-electron chi connectivity index (χ0n) is 15.7. The SMILES string of the molecule is O=C(O)C(Cc1ccc(-c2nccs2)cc1)NC(=O)[C@@H](CS)Cc1ccccc1. The highest BCUT2D eigenvalue weighted by molar-refractivity contribution is 7.80. The molecule has 2 atom stereocenters. The summed E-state index contributed by atoms with van der Waals surface area (Å²) >= 11 is 5.83. The average molecular weight is 427 g/mol. The summed E-state index contributed by atoms with van der Waals surface area (Å²) in [5.41, 5.74) is 2.84. The van der Waals surface area contributed by atoms with Crippen molar-refractivity contribution in [3.63, 3.8) is 0 Å². The zero-order valence-corrected chi connectivity index (χ0v) is 17.4. The van der Waals surface area contributed by atoms with Crippen molar-refractivity contribution < 1.29 is 14.7 Å². The summed E-state index contributed by atoms with van der Waals surface area (Å²) in [6.45, 7) is 0. The number of carbonyl (C=O) groups is 2. The van der Waals surface area contributed by atoms with E-state index in [4.69, 9.17) is 0 Å². The maximum absolute atomic E-state index is 12.7. The smallest absolute Gasteiger partial charge is 0.326 e. The molecule has 150 valence electrons. The maximum atomic E-state index is 12.7. The van der Waals surface area contributed by atoms with E-state index in [0.717, 1.165) is 21.7 Å². The molecule has 2 N–H and O–H groups in total. The normalized spacial score (nSPS) is 12.9. The van der Waals surface area contributed by atoms with Crippen molar-refractivity contribution in [3.05, 3.63) is 77.3 Å². The number of rotatable bonds is 9. The van der Waals surface area contributed by atoms with Gasteiger partial charge in [-0.05, 0) is 17.5 Å². The van der Waals surface area contributed by atoms with E-state index in [1.807, 2.05) is 60.0 Å². The highest BCUT2D eigenvalue weighted by Crippen LogP contribution is 2.22. The van der Waals surface area contributed by atoms with E-state index in [1.165, 1.54) is 0 Å². The van der Waals surface area contributed by atoms with E-state index in [-0.39, 0.29) is 12.3 Å². The van der Waals surface area contributed by atoms with Gasteiger partial charge in [0.05, 0.1) is 5.92 Å². The Balaban J connectivity index is 1.64. The quantitative estimate of drug-likeness (QED) is 0.456. The number of benzene rings is 2. The second-order valence-corrected chi connectivity index (χ2v) is 7.97. The summed E-state index contributed by atoms with van der Waals surface area (Å²) in [7, 11) is 0. The van der Waals surface area contributed by atoms with Gasteiger partial charge < -0.3 is 10.4 Å². The van der Waals surface area contributed by atoms with Crippen LogP contribution in [0.4, 0.5) is 0 Å². The van der Waals surface area contributed by atoms with Crippen molar-refractivity contribution in [2.45, 2.75) is 18.9 Å². The predicted molar refractivity (Wildman–Crippen MR) is 118 cm³/mol. The number of hydrogen-bond acceptors (Lipinski definition) is 5. The van der Waals surface area contributed by atoms with Crippen LogP contribution in [-0.4, -0.2) is 33.8 Å². The van der Waals surface area contributed by atoms with E-state index < -0.39 is 17.9 Å². The molecular weight excluding hydrogens is 404 g/mol. The number of nitrogens with one attached hydrogen (secondary N) is 1. The Bertz CT molecular complexity index is 928. The molecule has 1 aromatic heterocycles. The van der Waals surface area contributed by atoms with E-state index in [1.54, 1.807) is 17.5 Å². The molecule has 5 nitrogen and oxygen atoms in total. The van der Waals surface area contributed by atoms with Crippen molar-refractivity contribution in [2.75, 3.05) is 5.75 Å². The highest BCUT2D eigenvalue weighted by Gasteiger charge is 2.25. The first kappa shape index (κ1) is 21.1. The van der Waals surface area contributed by atoms with Crippen molar-refractivity contribution in [1.29, 1.82) is 0 Å². The first-order valence-corrected chi connectivity index (χ1v) is 10.7. The lowest BCUT2D eigenvalue weighted by Gasteiger charge is -2.19. The summed E-state index contributed by atoms with van der Waals surface area (Å²) in [5.74, 6) is -1.40. The van der Waals surface area contributed by atoms with Crippen LogP contribution in [0.15, 0.2) is 66.2 Å². The minimum atomic E-state index is -1.06. The van der Waals surface area contributed by atoms with Crippen LogP contribution >= 0.6 is 24.0 Å². The van der Waals surface area contributed by atoms with Gasteiger partial charge in [0.1, 0.15) is 11.0 Å². The van der Waals surface area contributed by atoms with Gasteiger partial charge in [-0.15, -0.1) is 11.3 Å². The number of carbonyl (C=O) groups excluding carboxylic acids is 1. The van der Waals surface area contributed by atoms with Crippen LogP contribution in [0.25, 0.3) is 10.6 Å². The Hall–Kier alpha value is -2.64. The third-order valence-electron chi connectivity index (χ3n) is 4.60. The monoisotopic (exact) mass is 426 g/mol. The topological polar surface area (TPSA) is 79.3 Å². The van der Waals surface area contributed by atoms with Gasteiger partial charge in [0.25, 0.3) is 0 Å². The van der Waals surface area contributed by atoms with Crippen LogP contribution in [0, 0.1) is 5.92 Å². The largest absolute Gasteiger partial charge is 0.480 e. The van der Waals surface area contributed by atoms with Crippen LogP contribution in [0.2, 0.25) is 0 Å². The fourth-order valence-electron chi connectivity index (χ4n) is 3.01. The summed E-state index contributed by atoms with van der Waals surface area (Å²) in [6.07, 6.45) is 2.48. The van der Waals surface area contributed by atoms with E-state index in [9.17, 15) is 14.7 Å². The second-order valence-electron chi connectivity index (χ2n) is 6.71. The van der Waals surface area contributed by atoms with E-state index in [2.05, 4.69) is 22.9 Å². The fraction of sp³-hybridized carbons (Fsp3) is 0.227. The van der Waals surface area contributed by atoms with Gasteiger partial charge in [-0.2, -0.15) is 12.6 Å². The molecule has 0 spiro atoms. The van der Waals surface area contributed by atoms with Crippen molar-refractivity contribution in [1.82, 2.24) is 10.3 Å². The molecule has 1 unspecified atom stereocenters. The van der Waals surface area contributed by atoms with Crippen LogP contribution < -0.4 is 5.32 Å². The number of nitrogens with zero attached hydrogens (tertiary/aromatic N) is 1. The Morgan fingerprint density at radius 3 is 2.31 bits per heavy atom. The number of aliphatic carboxylic acids is 1. The van der Waals surface area contributed by atoms with Crippen LogP contribution in [-0.2, 0) is 22.4 Å². The zero-order chi connectivity index (χ0) is 20.6. The molecule has 0 saturated heterocycles. The lowest BCUT2D eigenvalue weighted by molar-refractivity contribution is -0.142. The second kappa shape index (κ2) is 10.2. The molecule has 0 bridgehead atoms. The molecule has 0 aliphatic rings. The first-order valence-electron chi connectivity index (χ1n) is 9.23. The summed E-state index contributed by atoms with van der Waals surface area (Å²) in [4.78, 5) is 28.7. The Morgan fingerprint density at radius 2 is 1.72 bits per heavy atom. The fourth-order valence-corrected chi connectivity index (χ4v) is 3.95. The number of thiol groups is 1. The first-order chi connectivity index (χ1) is 14.1. The molecule has 0 fully saturated rings. The summed E-state index contributed by atoms with van der Waals surface area (Å²) in [6, 6.07) is 16.2. The predicted octanol–water partition coefficient (Wildman–Crippen LogP) is 3.71. The number of aromatic nitrogens is 1. The molecular formula is C22H22N2O3S2. The number of hydrogen-bond donors (Lipinski definition) is 3. The number of carboxylic acids is 1. The van der Waals surface area contributed by atoms with Gasteiger partial charge in [-0.3, -0.25) is 4.79 Å². The minimum Gasteiger partial charge on any atom is -0.480 e. The molecule has 0 saturated carbocycles. The van der Waals surface area contributed by atoms with Gasteiger partial charge in [-0.1, -0.05) is 54.6 Å². The molecule has 29 heavy (non-hydrogen) atoms. The summed E-state index contributed by atoms with van der Waals surface area (Å²) in [5, 5.41) is 15.1. The molecule has 2 aromatic carbocycles. The standard InChI is InChI=1S/C22H22N2O3S2/c25-20(18(14-28)12-15-4-2-1-3-5-15)24-19(22(26)27)13-16-6-8-17(9-7-16)21-23-10-11-29-21/h1-11,18-19,28H,12-14H2,(H,24,25)(H,26,27)/t18-,19?/m1/s1. The maximum Gasteiger partial charge on any atom is 0.326 e. The van der Waals surface area contributed by atoms with Gasteiger partial charge in [0.2, 0.25) is 5.91 Å². The molecule has 0 radical (unpaired) electrons. The number of thiazole rings is 1. The lowest BCUT2D eigenvalue weighted by Crippen LogP contribution is -2.45. The molecule has 3 rings (SSSR count). The Morgan fingerprint density at radius 1 is 1.03 bits per heavy atom. The number of carboxylic acid groups (broad SMARTS) is 1. The van der Waals surface area contributed by atoms with E-state index in [0.29, 0.717) is 12.2 Å². The molecule has 1 amide bonds. The third-order valence-corrected chi connectivity index (χ3v) is 5.87. The van der Waals surface area contributed by atoms with Crippen molar-refractivity contribution in [3.8, 4) is 10.6 Å². The van der Waals surface area contributed by atoms with Gasteiger partial charge in [0.15, 0.2) is 0 Å². The van der Waals surface area contributed by atoms with Gasteiger partial charge in [-0.25, -0.2) is 9.78 Å². The Labute approximate surface area is 179 Å². The third kappa shape index (κ3) is 5.92. The van der Waals surface area contributed by atoms with Crippen molar-refractivity contribution >= 4 is 35.8 Å². The molecule has 3 aromatic rings. The van der Waals surface area contributed by atoms with Gasteiger partial charge >= 0.3 is 5.97 Å². The lowest BCUT2D eigenvalue weighted by atomic mass is 9.98. The minimum absolute atomic E-state index is 0.212. The van der Waals surface area contributed by atoms with Crippen LogP contribution in [0.5, 0.6) is 0 Å². The van der Waals surface area contributed by atoms with Crippen LogP contribution in [0.1, 0.15) is 11.1 Å². The van der Waals surface area contributed by atoms with Crippen LogP contribution in [0.3, 0.4) is 0 Å². The Kier molecular flexibility index (Phi) is 7.43. The summed E-state index contributed by atoms with van der Waals surface area (Å²) < 4.78 is 0. The van der Waals surface area contributed by atoms with E-state index >= 15 is 0 Å². The van der Waals surface area contributed by atoms with Gasteiger partial charge in [0, 0.05) is 29.3 Å². The molecule has 0 aliphatic heterocycles. The molecule has 1 heterocycles. The van der Waals surface area contributed by atoms with Crippen molar-refractivity contribution in [2.24, 2.45) is 5.92 Å². The molecule has 7 heteroatoms.